The van der Waals surface area contributed by atoms with Crippen LogP contribution in [-0.4, -0.2) is 15.3 Å². The molecule has 0 atom stereocenters. The maximum Gasteiger partial charge on any atom is 0.182 e. The number of imidazole rings is 1. The highest BCUT2D eigenvalue weighted by Crippen LogP contribution is 2.06. The summed E-state index contributed by atoms with van der Waals surface area (Å²) < 4.78 is 2.49. The van der Waals surface area contributed by atoms with E-state index in [0.717, 1.165) is 10.2 Å². The average Bonchev–Trinajstić information content (AvgIpc) is 2.65. The number of nitrogens with zero attached hydrogens (tertiary/aromatic N) is 2. The molecule has 0 saturated carbocycles. The van der Waals surface area contributed by atoms with Gasteiger partial charge < -0.3 is 4.57 Å². The summed E-state index contributed by atoms with van der Waals surface area (Å²) in [6.07, 6.45) is 3.41. The fourth-order valence-electron chi connectivity index (χ4n) is 1.30. The monoisotopic (exact) mass is 264 g/mol. The van der Waals surface area contributed by atoms with Crippen molar-refractivity contribution in [1.82, 2.24) is 9.55 Å². The standard InChI is InChI=1S/C11H9BrN2O/c12-11-7-14(8-13-11)6-10(15)9-4-2-1-3-5-9/h1-5,7-8H,6H2. The van der Waals surface area contributed by atoms with Crippen LogP contribution in [0.5, 0.6) is 0 Å². The van der Waals surface area contributed by atoms with Gasteiger partial charge in [0.25, 0.3) is 0 Å². The minimum Gasteiger partial charge on any atom is -0.328 e. The Labute approximate surface area is 95.9 Å². The number of rotatable bonds is 3. The van der Waals surface area contributed by atoms with Crippen LogP contribution in [0.25, 0.3) is 0 Å². The minimum absolute atomic E-state index is 0.0838. The van der Waals surface area contributed by atoms with E-state index in [9.17, 15) is 4.79 Å². The Morgan fingerprint density at radius 1 is 1.33 bits per heavy atom. The minimum atomic E-state index is 0.0838. The summed E-state index contributed by atoms with van der Waals surface area (Å²) >= 11 is 3.24. The van der Waals surface area contributed by atoms with E-state index in [2.05, 4.69) is 20.9 Å². The molecule has 0 spiro atoms. The smallest absolute Gasteiger partial charge is 0.182 e. The van der Waals surface area contributed by atoms with Crippen LogP contribution in [-0.2, 0) is 6.54 Å². The van der Waals surface area contributed by atoms with Gasteiger partial charge in [-0.15, -0.1) is 0 Å². The third kappa shape index (κ3) is 2.53. The lowest BCUT2D eigenvalue weighted by Crippen LogP contribution is -2.08. The van der Waals surface area contributed by atoms with Gasteiger partial charge >= 0.3 is 0 Å². The third-order valence-electron chi connectivity index (χ3n) is 2.02. The van der Waals surface area contributed by atoms with Crippen molar-refractivity contribution in [3.8, 4) is 0 Å². The topological polar surface area (TPSA) is 34.9 Å². The number of halogens is 1. The lowest BCUT2D eigenvalue weighted by Gasteiger charge is -2.00. The number of hydrogen-bond acceptors (Lipinski definition) is 2. The molecule has 2 rings (SSSR count). The molecule has 0 aliphatic carbocycles. The van der Waals surface area contributed by atoms with E-state index in [1.54, 1.807) is 17.1 Å². The predicted octanol–water partition coefficient (Wildman–Crippen LogP) is 2.53. The Balaban J connectivity index is 2.11. The Kier molecular flexibility index (Phi) is 2.97. The highest BCUT2D eigenvalue weighted by atomic mass is 79.9. The number of benzene rings is 1. The SMILES string of the molecule is O=C(Cn1cnc(Br)c1)c1ccccc1. The second-order valence-electron chi connectivity index (χ2n) is 3.16. The van der Waals surface area contributed by atoms with Crippen molar-refractivity contribution in [2.75, 3.05) is 0 Å². The van der Waals surface area contributed by atoms with E-state index >= 15 is 0 Å². The van der Waals surface area contributed by atoms with Crippen molar-refractivity contribution in [2.24, 2.45) is 0 Å². The fraction of sp³-hybridized carbons (Fsp3) is 0.0909. The molecule has 4 heteroatoms. The molecular weight excluding hydrogens is 256 g/mol. The second-order valence-corrected chi connectivity index (χ2v) is 3.97. The van der Waals surface area contributed by atoms with E-state index < -0.39 is 0 Å². The second kappa shape index (κ2) is 4.40. The molecule has 0 amide bonds. The lowest BCUT2D eigenvalue weighted by atomic mass is 10.1. The molecule has 15 heavy (non-hydrogen) atoms. The number of hydrogen-bond donors (Lipinski definition) is 0. The third-order valence-corrected chi connectivity index (χ3v) is 2.43. The molecule has 0 saturated heterocycles. The molecule has 1 aromatic heterocycles. The highest BCUT2D eigenvalue weighted by molar-refractivity contribution is 9.10. The van der Waals surface area contributed by atoms with Crippen molar-refractivity contribution in [3.05, 3.63) is 53.0 Å². The summed E-state index contributed by atoms with van der Waals surface area (Å²) in [5, 5.41) is 0. The number of Topliss-reactive ketones (excluding diaryl/α,β-unsaturated/α-hetero) is 1. The van der Waals surface area contributed by atoms with Crippen molar-refractivity contribution >= 4 is 21.7 Å². The van der Waals surface area contributed by atoms with Gasteiger partial charge in [0.1, 0.15) is 4.60 Å². The lowest BCUT2D eigenvalue weighted by molar-refractivity contribution is 0.0972. The molecule has 0 aliphatic rings. The van der Waals surface area contributed by atoms with Gasteiger partial charge in [0.2, 0.25) is 0 Å². The first kappa shape index (κ1) is 10.1. The molecule has 0 N–H and O–H groups in total. The summed E-state index contributed by atoms with van der Waals surface area (Å²) in [5.41, 5.74) is 0.724. The summed E-state index contributed by atoms with van der Waals surface area (Å²) in [6.45, 7) is 0.322. The Morgan fingerprint density at radius 3 is 2.67 bits per heavy atom. The molecule has 0 bridgehead atoms. The molecule has 1 heterocycles. The van der Waals surface area contributed by atoms with Crippen LogP contribution in [0, 0.1) is 0 Å². The fourth-order valence-corrected chi connectivity index (χ4v) is 1.65. The first-order valence-corrected chi connectivity index (χ1v) is 5.30. The van der Waals surface area contributed by atoms with Crippen LogP contribution >= 0.6 is 15.9 Å². The van der Waals surface area contributed by atoms with Crippen LogP contribution in [0.1, 0.15) is 10.4 Å². The predicted molar refractivity (Wildman–Crippen MR) is 60.7 cm³/mol. The first-order valence-electron chi connectivity index (χ1n) is 4.51. The maximum atomic E-state index is 11.8. The Hall–Kier alpha value is -1.42. The van der Waals surface area contributed by atoms with Crippen LogP contribution in [0.3, 0.4) is 0 Å². The molecule has 2 aromatic rings. The molecule has 3 nitrogen and oxygen atoms in total. The molecule has 0 unspecified atom stereocenters. The van der Waals surface area contributed by atoms with E-state index in [4.69, 9.17) is 0 Å². The highest BCUT2D eigenvalue weighted by Gasteiger charge is 2.05. The summed E-state index contributed by atoms with van der Waals surface area (Å²) in [6, 6.07) is 9.24. The molecule has 0 radical (unpaired) electrons. The van der Waals surface area contributed by atoms with Gasteiger partial charge in [0.05, 0.1) is 12.9 Å². The number of ketones is 1. The van der Waals surface area contributed by atoms with E-state index in [1.807, 2.05) is 30.3 Å². The largest absolute Gasteiger partial charge is 0.328 e. The van der Waals surface area contributed by atoms with Crippen molar-refractivity contribution < 1.29 is 4.79 Å². The van der Waals surface area contributed by atoms with Crippen molar-refractivity contribution in [1.29, 1.82) is 0 Å². The number of carbonyl (C=O) groups excluding carboxylic acids is 1. The Morgan fingerprint density at radius 2 is 2.07 bits per heavy atom. The Bertz CT molecular complexity index is 464. The van der Waals surface area contributed by atoms with Gasteiger partial charge in [-0.05, 0) is 15.9 Å². The number of aromatic nitrogens is 2. The van der Waals surface area contributed by atoms with Gasteiger partial charge in [-0.2, -0.15) is 0 Å². The zero-order valence-electron chi connectivity index (χ0n) is 7.93. The first-order chi connectivity index (χ1) is 7.25. The summed E-state index contributed by atoms with van der Waals surface area (Å²) in [5.74, 6) is 0.0838. The van der Waals surface area contributed by atoms with Gasteiger partial charge in [0, 0.05) is 11.8 Å². The molecule has 0 fully saturated rings. The molecule has 76 valence electrons. The van der Waals surface area contributed by atoms with Gasteiger partial charge in [-0.25, -0.2) is 4.98 Å². The molecule has 0 aliphatic heterocycles. The molecular formula is C11H9BrN2O. The zero-order valence-corrected chi connectivity index (χ0v) is 9.52. The number of carbonyl (C=O) groups is 1. The normalized spacial score (nSPS) is 10.2. The van der Waals surface area contributed by atoms with Crippen LogP contribution in [0.4, 0.5) is 0 Å². The van der Waals surface area contributed by atoms with E-state index in [-0.39, 0.29) is 5.78 Å². The quantitative estimate of drug-likeness (QED) is 0.799. The van der Waals surface area contributed by atoms with Gasteiger partial charge in [-0.3, -0.25) is 4.79 Å². The van der Waals surface area contributed by atoms with Crippen molar-refractivity contribution in [3.63, 3.8) is 0 Å². The summed E-state index contributed by atoms with van der Waals surface area (Å²) in [7, 11) is 0. The molecule has 1 aromatic carbocycles. The van der Waals surface area contributed by atoms with Gasteiger partial charge in [0.15, 0.2) is 5.78 Å². The maximum absolute atomic E-state index is 11.8. The van der Waals surface area contributed by atoms with E-state index in [1.165, 1.54) is 0 Å². The summed E-state index contributed by atoms with van der Waals surface area (Å²) in [4.78, 5) is 15.8. The van der Waals surface area contributed by atoms with Crippen LogP contribution in [0.2, 0.25) is 0 Å². The van der Waals surface area contributed by atoms with Crippen LogP contribution < -0.4 is 0 Å². The van der Waals surface area contributed by atoms with Crippen molar-refractivity contribution in [2.45, 2.75) is 6.54 Å². The zero-order chi connectivity index (χ0) is 10.7. The van der Waals surface area contributed by atoms with Crippen LogP contribution in [0.15, 0.2) is 47.5 Å². The van der Waals surface area contributed by atoms with E-state index in [0.29, 0.717) is 6.54 Å². The van der Waals surface area contributed by atoms with Gasteiger partial charge in [-0.1, -0.05) is 30.3 Å². The average molecular weight is 265 g/mol.